The Morgan fingerprint density at radius 3 is 2.83 bits per heavy atom. The van der Waals surface area contributed by atoms with Crippen LogP contribution in [0.25, 0.3) is 0 Å². The first-order chi connectivity index (χ1) is 11.0. The van der Waals surface area contributed by atoms with Crippen molar-refractivity contribution >= 4 is 29.3 Å². The summed E-state index contributed by atoms with van der Waals surface area (Å²) in [4.78, 5) is 25.1. The van der Waals surface area contributed by atoms with E-state index in [2.05, 4.69) is 24.5 Å². The predicted octanol–water partition coefficient (Wildman–Crippen LogP) is 4.07. The van der Waals surface area contributed by atoms with Crippen molar-refractivity contribution in [2.45, 2.75) is 57.4 Å². The Bertz CT molecular complexity index is 572. The maximum absolute atomic E-state index is 12.4. The number of benzene rings is 1. The van der Waals surface area contributed by atoms with E-state index in [9.17, 15) is 9.59 Å². The molecule has 1 aliphatic rings. The second-order valence-corrected chi connectivity index (χ2v) is 7.69. The van der Waals surface area contributed by atoms with Crippen LogP contribution in [-0.2, 0) is 4.79 Å². The molecule has 2 amide bonds. The molecule has 2 N–H and O–H groups in total. The van der Waals surface area contributed by atoms with Crippen LogP contribution in [0.15, 0.2) is 23.1 Å². The van der Waals surface area contributed by atoms with E-state index in [0.717, 1.165) is 29.2 Å². The topological polar surface area (TPSA) is 58.2 Å². The maximum Gasteiger partial charge on any atom is 0.251 e. The Morgan fingerprint density at radius 1 is 1.30 bits per heavy atom. The average Bonchev–Trinajstić information content (AvgIpc) is 2.66. The highest BCUT2D eigenvalue weighted by atomic mass is 32.2. The molecule has 0 fully saturated rings. The van der Waals surface area contributed by atoms with Gasteiger partial charge in [0.15, 0.2) is 0 Å². The number of nitrogens with one attached hydrogen (secondary N) is 2. The summed E-state index contributed by atoms with van der Waals surface area (Å²) in [7, 11) is 0. The molecule has 0 aliphatic carbocycles. The first-order valence-electron chi connectivity index (χ1n) is 8.33. The predicted molar refractivity (Wildman–Crippen MR) is 96.0 cm³/mol. The van der Waals surface area contributed by atoms with Crippen molar-refractivity contribution in [2.24, 2.45) is 5.92 Å². The lowest BCUT2D eigenvalue weighted by Crippen LogP contribution is -2.32. The van der Waals surface area contributed by atoms with Gasteiger partial charge in [0, 0.05) is 28.7 Å². The van der Waals surface area contributed by atoms with Crippen molar-refractivity contribution in [2.75, 3.05) is 11.1 Å². The number of anilines is 1. The monoisotopic (exact) mass is 334 g/mol. The van der Waals surface area contributed by atoms with E-state index in [-0.39, 0.29) is 17.9 Å². The van der Waals surface area contributed by atoms with Crippen LogP contribution in [-0.4, -0.2) is 23.6 Å². The highest BCUT2D eigenvalue weighted by Crippen LogP contribution is 2.31. The van der Waals surface area contributed by atoms with Gasteiger partial charge in [0.25, 0.3) is 5.91 Å². The van der Waals surface area contributed by atoms with E-state index in [1.807, 2.05) is 19.1 Å². The van der Waals surface area contributed by atoms with E-state index in [1.165, 1.54) is 6.42 Å². The molecule has 2 rings (SSSR count). The third-order valence-corrected chi connectivity index (χ3v) is 4.97. The zero-order chi connectivity index (χ0) is 16.8. The van der Waals surface area contributed by atoms with Gasteiger partial charge < -0.3 is 10.6 Å². The van der Waals surface area contributed by atoms with Crippen molar-refractivity contribution in [1.29, 1.82) is 0 Å². The van der Waals surface area contributed by atoms with Crippen molar-refractivity contribution in [1.82, 2.24) is 5.32 Å². The number of amides is 2. The number of hydrogen-bond donors (Lipinski definition) is 2. The van der Waals surface area contributed by atoms with Crippen LogP contribution >= 0.6 is 11.8 Å². The number of carbonyl (C=O) groups excluding carboxylic acids is 2. The summed E-state index contributed by atoms with van der Waals surface area (Å²) in [6.45, 7) is 6.47. The molecule has 0 unspecified atom stereocenters. The third-order valence-electron chi connectivity index (χ3n) is 3.90. The van der Waals surface area contributed by atoms with Crippen LogP contribution in [0.3, 0.4) is 0 Å². The van der Waals surface area contributed by atoms with Crippen molar-refractivity contribution in [3.05, 3.63) is 23.8 Å². The summed E-state index contributed by atoms with van der Waals surface area (Å²) in [6, 6.07) is 5.69. The molecular weight excluding hydrogens is 308 g/mol. The molecule has 1 heterocycles. The summed E-state index contributed by atoms with van der Waals surface area (Å²) in [5.41, 5.74) is 1.35. The second-order valence-electron chi connectivity index (χ2n) is 6.56. The minimum Gasteiger partial charge on any atom is -0.350 e. The Kier molecular flexibility index (Phi) is 6.51. The highest BCUT2D eigenvalue weighted by Gasteiger charge is 2.16. The Hall–Kier alpha value is -1.49. The van der Waals surface area contributed by atoms with Gasteiger partial charge in [-0.1, -0.05) is 26.7 Å². The fraction of sp³-hybridized carbons (Fsp3) is 0.556. The first-order valence-corrected chi connectivity index (χ1v) is 9.32. The van der Waals surface area contributed by atoms with Gasteiger partial charge in [-0.25, -0.2) is 0 Å². The lowest BCUT2D eigenvalue weighted by Gasteiger charge is -2.15. The molecule has 126 valence electrons. The molecule has 1 aromatic rings. The molecular formula is C18H26N2O2S. The lowest BCUT2D eigenvalue weighted by atomic mass is 10.0. The molecule has 5 heteroatoms. The zero-order valence-electron chi connectivity index (χ0n) is 14.1. The highest BCUT2D eigenvalue weighted by molar-refractivity contribution is 7.99. The molecule has 1 atom stereocenters. The molecule has 0 saturated carbocycles. The molecule has 0 spiro atoms. The molecule has 1 aromatic carbocycles. The summed E-state index contributed by atoms with van der Waals surface area (Å²) < 4.78 is 0. The van der Waals surface area contributed by atoms with Crippen LogP contribution in [0.5, 0.6) is 0 Å². The van der Waals surface area contributed by atoms with Crippen molar-refractivity contribution in [3.8, 4) is 0 Å². The normalized spacial score (nSPS) is 15.6. The van der Waals surface area contributed by atoms with Crippen LogP contribution < -0.4 is 10.6 Å². The van der Waals surface area contributed by atoms with Crippen LogP contribution in [0.4, 0.5) is 5.69 Å². The van der Waals surface area contributed by atoms with Gasteiger partial charge in [-0.2, -0.15) is 0 Å². The number of thioether (sulfide) groups is 1. The van der Waals surface area contributed by atoms with Crippen LogP contribution in [0.1, 0.15) is 56.8 Å². The minimum atomic E-state index is -0.0756. The van der Waals surface area contributed by atoms with Gasteiger partial charge in [-0.3, -0.25) is 9.59 Å². The van der Waals surface area contributed by atoms with E-state index in [1.54, 1.807) is 17.8 Å². The van der Waals surface area contributed by atoms with Crippen molar-refractivity contribution in [3.63, 3.8) is 0 Å². The molecule has 0 radical (unpaired) electrons. The first kappa shape index (κ1) is 17.9. The summed E-state index contributed by atoms with van der Waals surface area (Å²) in [5, 5.41) is 5.92. The molecule has 4 nitrogen and oxygen atoms in total. The van der Waals surface area contributed by atoms with E-state index < -0.39 is 0 Å². The summed E-state index contributed by atoms with van der Waals surface area (Å²) in [6.07, 6.45) is 3.80. The third kappa shape index (κ3) is 5.57. The number of hydrogen-bond acceptors (Lipinski definition) is 3. The molecule has 1 aliphatic heterocycles. The van der Waals surface area contributed by atoms with E-state index >= 15 is 0 Å². The number of rotatable bonds is 6. The largest absolute Gasteiger partial charge is 0.350 e. The lowest BCUT2D eigenvalue weighted by molar-refractivity contribution is -0.115. The standard InChI is InChI=1S/C18H26N2O2S/c1-12(2)5-4-6-13(3)19-18(22)14-7-8-16-15(11-14)20-17(21)9-10-23-16/h7-8,11-13H,4-6,9-10H2,1-3H3,(H,19,22)(H,20,21)/t13-/m0/s1. The number of carbonyl (C=O) groups is 2. The van der Waals surface area contributed by atoms with Crippen LogP contribution in [0, 0.1) is 5.92 Å². The fourth-order valence-electron chi connectivity index (χ4n) is 2.57. The Labute approximate surface area is 142 Å². The average molecular weight is 334 g/mol. The van der Waals surface area contributed by atoms with Gasteiger partial charge in [-0.05, 0) is 37.5 Å². The molecule has 0 aromatic heterocycles. The Morgan fingerprint density at radius 2 is 2.09 bits per heavy atom. The summed E-state index contributed by atoms with van der Waals surface area (Å²) >= 11 is 1.65. The summed E-state index contributed by atoms with van der Waals surface area (Å²) in [5.74, 6) is 1.41. The second kappa shape index (κ2) is 8.39. The minimum absolute atomic E-state index is 0.0101. The van der Waals surface area contributed by atoms with E-state index in [0.29, 0.717) is 17.9 Å². The van der Waals surface area contributed by atoms with Gasteiger partial charge in [0.1, 0.15) is 0 Å². The van der Waals surface area contributed by atoms with Crippen molar-refractivity contribution < 1.29 is 9.59 Å². The fourth-order valence-corrected chi connectivity index (χ4v) is 3.51. The zero-order valence-corrected chi connectivity index (χ0v) is 15.0. The van der Waals surface area contributed by atoms with Gasteiger partial charge in [0.2, 0.25) is 5.91 Å². The van der Waals surface area contributed by atoms with Gasteiger partial charge in [-0.15, -0.1) is 11.8 Å². The van der Waals surface area contributed by atoms with E-state index in [4.69, 9.17) is 0 Å². The van der Waals surface area contributed by atoms with Crippen LogP contribution in [0.2, 0.25) is 0 Å². The molecule has 23 heavy (non-hydrogen) atoms. The number of fused-ring (bicyclic) bond motifs is 1. The molecule has 0 saturated heterocycles. The SMILES string of the molecule is CC(C)CCC[C@H](C)NC(=O)c1ccc2c(c1)NC(=O)CCS2. The smallest absolute Gasteiger partial charge is 0.251 e. The van der Waals surface area contributed by atoms with Gasteiger partial charge >= 0.3 is 0 Å². The molecule has 0 bridgehead atoms. The quantitative estimate of drug-likeness (QED) is 0.824. The van der Waals surface area contributed by atoms with Gasteiger partial charge in [0.05, 0.1) is 5.69 Å². The Balaban J connectivity index is 1.96. The maximum atomic E-state index is 12.4.